The molecule has 0 bridgehead atoms. The number of morpholine rings is 1. The van der Waals surface area contributed by atoms with Gasteiger partial charge in [-0.05, 0) is 49.5 Å². The quantitative estimate of drug-likeness (QED) is 0.222. The number of carboxylic acid groups (broad SMARTS) is 2. The van der Waals surface area contributed by atoms with Gasteiger partial charge in [-0.3, -0.25) is 9.69 Å². The molecule has 4 fully saturated rings. The highest BCUT2D eigenvalue weighted by molar-refractivity contribution is 6.26. The summed E-state index contributed by atoms with van der Waals surface area (Å²) in [5, 5.41) is 16.3. The number of carbonyl (C=O) groups excluding carboxylic acids is 2. The number of hydrogen-bond acceptors (Lipinski definition) is 9. The predicted octanol–water partition coefficient (Wildman–Crippen LogP) is 0.946. The Bertz CT molecular complexity index is 1170. The van der Waals surface area contributed by atoms with Crippen molar-refractivity contribution in [1.29, 1.82) is 0 Å². The largest absolute Gasteiger partial charge is 0.539 e. The molecule has 0 aromatic heterocycles. The number of benzene rings is 1. The molecule has 0 amide bonds. The zero-order chi connectivity index (χ0) is 31.9. The van der Waals surface area contributed by atoms with Gasteiger partial charge >= 0.3 is 11.9 Å². The van der Waals surface area contributed by atoms with E-state index in [0.717, 1.165) is 82.1 Å². The highest BCUT2D eigenvalue weighted by atomic mass is 16.6. The van der Waals surface area contributed by atoms with Crippen LogP contribution in [0.1, 0.15) is 51.0 Å². The molecule has 0 spiro atoms. The van der Waals surface area contributed by atoms with Gasteiger partial charge in [0.25, 0.3) is 0 Å². The van der Waals surface area contributed by atoms with E-state index < -0.39 is 11.9 Å². The maximum atomic E-state index is 13.3. The molecule has 5 unspecified atom stereocenters. The van der Waals surface area contributed by atoms with Crippen LogP contribution in [0.2, 0.25) is 0 Å². The molecule has 0 radical (unpaired) electrons. The number of aliphatic carboxylic acids is 2. The molecule has 2 saturated carbocycles. The molecule has 44 heavy (non-hydrogen) atoms. The Balaban J connectivity index is 0.000000670. The summed E-state index contributed by atoms with van der Waals surface area (Å²) in [6.45, 7) is 14.2. The molecule has 2 aliphatic heterocycles. The van der Waals surface area contributed by atoms with Crippen LogP contribution in [-0.4, -0.2) is 94.2 Å². The maximum Gasteiger partial charge on any atom is 0.351 e. The Morgan fingerprint density at radius 1 is 1.23 bits per heavy atom. The van der Waals surface area contributed by atoms with Crippen molar-refractivity contribution in [2.75, 3.05) is 60.2 Å². The molecule has 2 N–H and O–H groups in total. The van der Waals surface area contributed by atoms with E-state index in [-0.39, 0.29) is 29.3 Å². The van der Waals surface area contributed by atoms with Crippen molar-refractivity contribution in [2.45, 2.75) is 58.1 Å². The van der Waals surface area contributed by atoms with Crippen LogP contribution >= 0.6 is 0 Å². The molecule has 1 aromatic carbocycles. The van der Waals surface area contributed by atoms with Crippen LogP contribution in [0.3, 0.4) is 0 Å². The summed E-state index contributed by atoms with van der Waals surface area (Å²) in [4.78, 5) is 35.4. The topological polar surface area (TPSA) is 139 Å². The lowest BCUT2D eigenvalue weighted by atomic mass is 9.55. The third-order valence-electron chi connectivity index (χ3n) is 10.0. The number of carbonyl (C=O) groups is 3. The van der Waals surface area contributed by atoms with Gasteiger partial charge in [-0.1, -0.05) is 31.2 Å². The van der Waals surface area contributed by atoms with E-state index in [2.05, 4.69) is 24.5 Å². The lowest BCUT2D eigenvalue weighted by Crippen LogP contribution is -3.14. The first kappa shape index (κ1) is 33.7. The van der Waals surface area contributed by atoms with Crippen molar-refractivity contribution in [1.82, 2.24) is 4.90 Å². The predicted molar refractivity (Wildman–Crippen MR) is 159 cm³/mol. The highest BCUT2D eigenvalue weighted by Gasteiger charge is 2.55. The summed E-state index contributed by atoms with van der Waals surface area (Å²) >= 11 is 0. The minimum absolute atomic E-state index is 0.00530. The van der Waals surface area contributed by atoms with Crippen molar-refractivity contribution < 1.29 is 48.4 Å². The third-order valence-corrected chi connectivity index (χ3v) is 10.0. The average Bonchev–Trinajstić information content (AvgIpc) is 3.29. The first-order chi connectivity index (χ1) is 21.1. The van der Waals surface area contributed by atoms with Crippen LogP contribution in [0.5, 0.6) is 11.5 Å². The van der Waals surface area contributed by atoms with Crippen molar-refractivity contribution in [3.8, 4) is 11.5 Å². The first-order valence-corrected chi connectivity index (χ1v) is 15.7. The van der Waals surface area contributed by atoms with Crippen LogP contribution in [0.15, 0.2) is 30.4 Å². The second kappa shape index (κ2) is 15.2. The zero-order valence-electron chi connectivity index (χ0n) is 26.3. The number of esters is 1. The Kier molecular flexibility index (Phi) is 11.7. The maximum absolute atomic E-state index is 13.3. The molecule has 11 nitrogen and oxygen atoms in total. The number of quaternary nitrogens is 1. The molecule has 5 atom stereocenters. The van der Waals surface area contributed by atoms with Crippen molar-refractivity contribution in [3.05, 3.63) is 35.9 Å². The number of para-hydroxylation sites is 1. The van der Waals surface area contributed by atoms with Crippen molar-refractivity contribution >= 4 is 17.9 Å². The smallest absolute Gasteiger partial charge is 0.351 e. The highest BCUT2D eigenvalue weighted by Crippen LogP contribution is 2.57. The summed E-state index contributed by atoms with van der Waals surface area (Å²) in [7, 11) is 3.37. The molecule has 2 saturated heterocycles. The van der Waals surface area contributed by atoms with Gasteiger partial charge in [-0.2, -0.15) is 0 Å². The Morgan fingerprint density at radius 2 is 1.95 bits per heavy atom. The summed E-state index contributed by atoms with van der Waals surface area (Å²) in [6, 6.07) is 6.06. The molecule has 4 aliphatic rings. The summed E-state index contributed by atoms with van der Waals surface area (Å²) in [5.74, 6) is -1.81. The number of fused-ring (bicyclic) bond motifs is 2. The molecule has 5 rings (SSSR count). The SMILES string of the molecule is C=C1CCCC2(C)CC3OC(=O)C(CN(CCC[NH+]4CCOCC4)Cc4cccc(OC)c4OC)C3CC12.O=C([O-])C(=O)O. The summed E-state index contributed by atoms with van der Waals surface area (Å²) < 4.78 is 23.0. The van der Waals surface area contributed by atoms with Crippen LogP contribution in [-0.2, 0) is 30.4 Å². The zero-order valence-corrected chi connectivity index (χ0v) is 26.3. The van der Waals surface area contributed by atoms with Gasteiger partial charge in [-0.15, -0.1) is 0 Å². The van der Waals surface area contributed by atoms with E-state index in [1.165, 1.54) is 18.4 Å². The van der Waals surface area contributed by atoms with Crippen LogP contribution < -0.4 is 19.5 Å². The number of methoxy groups -OCH3 is 2. The standard InChI is InChI=1S/C31H46N2O5.C2H2O4/c1-22-8-6-11-31(2)19-28-24(18-26(22)31)25(30(34)38-28)21-33(13-7-12-32-14-16-37-17-15-32)20-23-9-5-10-27(35-3)29(23)36-4;3-1(4)2(5)6/h5,9-10,24-26,28H,1,6-8,11-21H2,2-4H3;(H,3,4)(H,5,6). The monoisotopic (exact) mass is 616 g/mol. The number of ether oxygens (including phenoxy) is 4. The second-order valence-corrected chi connectivity index (χ2v) is 12.9. The van der Waals surface area contributed by atoms with E-state index in [9.17, 15) is 4.79 Å². The minimum atomic E-state index is -2.07. The van der Waals surface area contributed by atoms with Crippen LogP contribution in [0.25, 0.3) is 0 Å². The fraction of sp³-hybridized carbons (Fsp3) is 0.667. The number of nitrogens with one attached hydrogen (secondary N) is 1. The molecule has 11 heteroatoms. The minimum Gasteiger partial charge on any atom is -0.539 e. The molecular weight excluding hydrogens is 568 g/mol. The normalized spacial score (nSPS) is 28.3. The summed E-state index contributed by atoms with van der Waals surface area (Å²) in [6.07, 6.45) is 6.69. The fourth-order valence-electron chi connectivity index (χ4n) is 7.76. The average molecular weight is 617 g/mol. The molecule has 2 heterocycles. The van der Waals surface area contributed by atoms with E-state index >= 15 is 0 Å². The number of rotatable bonds is 10. The van der Waals surface area contributed by atoms with E-state index in [1.54, 1.807) is 19.1 Å². The summed E-state index contributed by atoms with van der Waals surface area (Å²) in [5.41, 5.74) is 2.70. The number of hydrogen-bond donors (Lipinski definition) is 2. The molecular formula is C33H48N2O9. The van der Waals surface area contributed by atoms with E-state index in [4.69, 9.17) is 38.7 Å². The van der Waals surface area contributed by atoms with E-state index in [1.807, 2.05) is 12.1 Å². The number of carboxylic acids is 2. The molecule has 244 valence electrons. The fourth-order valence-corrected chi connectivity index (χ4v) is 7.76. The van der Waals surface area contributed by atoms with Gasteiger partial charge in [0.05, 0.1) is 39.9 Å². The Morgan fingerprint density at radius 3 is 2.61 bits per heavy atom. The second-order valence-electron chi connectivity index (χ2n) is 12.9. The first-order valence-electron chi connectivity index (χ1n) is 15.7. The lowest BCUT2D eigenvalue weighted by Gasteiger charge is -2.50. The van der Waals surface area contributed by atoms with Crippen molar-refractivity contribution in [2.24, 2.45) is 23.2 Å². The van der Waals surface area contributed by atoms with Gasteiger partial charge in [0.1, 0.15) is 19.2 Å². The third kappa shape index (κ3) is 8.11. The van der Waals surface area contributed by atoms with Crippen LogP contribution in [0.4, 0.5) is 0 Å². The van der Waals surface area contributed by atoms with Gasteiger partial charge < -0.3 is 38.9 Å². The lowest BCUT2D eigenvalue weighted by molar-refractivity contribution is -0.908. The van der Waals surface area contributed by atoms with Crippen molar-refractivity contribution in [3.63, 3.8) is 0 Å². The number of allylic oxidation sites excluding steroid dienone is 1. The Hall–Kier alpha value is -3.15. The van der Waals surface area contributed by atoms with Crippen LogP contribution in [0, 0.1) is 23.2 Å². The van der Waals surface area contributed by atoms with Gasteiger partial charge in [0, 0.05) is 37.5 Å². The van der Waals surface area contributed by atoms with Gasteiger partial charge in [0.15, 0.2) is 17.5 Å². The molecule has 1 aromatic rings. The van der Waals surface area contributed by atoms with Gasteiger partial charge in [0.2, 0.25) is 0 Å². The van der Waals surface area contributed by atoms with Gasteiger partial charge in [-0.25, -0.2) is 4.79 Å². The number of nitrogens with zero attached hydrogens (tertiary/aromatic N) is 1. The van der Waals surface area contributed by atoms with E-state index in [0.29, 0.717) is 19.0 Å². The Labute approximate surface area is 260 Å². The molecule has 2 aliphatic carbocycles.